The van der Waals surface area contributed by atoms with E-state index >= 15 is 9.59 Å². The van der Waals surface area contributed by atoms with Gasteiger partial charge in [-0.15, -0.1) is 0 Å². The van der Waals surface area contributed by atoms with Gasteiger partial charge in [0.25, 0.3) is 11.8 Å². The Morgan fingerprint density at radius 3 is 1.18 bits per heavy atom. The van der Waals surface area contributed by atoms with Gasteiger partial charge in [-0.3, -0.25) is 9.59 Å². The third kappa shape index (κ3) is 13.6. The smallest absolute Gasteiger partial charge is 0.399 e. The highest BCUT2D eigenvalue weighted by atomic mass is 16.7. The zero-order chi connectivity index (χ0) is 53.5. The van der Waals surface area contributed by atoms with Gasteiger partial charge < -0.3 is 9.31 Å². The maximum atomic E-state index is 15.3. The summed E-state index contributed by atoms with van der Waals surface area (Å²) in [6, 6.07) is 23.7. The number of aryl methyl sites for hydroxylation is 2. The van der Waals surface area contributed by atoms with Crippen molar-refractivity contribution in [2.24, 2.45) is 0 Å². The van der Waals surface area contributed by atoms with Crippen LogP contribution >= 0.6 is 0 Å². The van der Waals surface area contributed by atoms with Gasteiger partial charge in [0.2, 0.25) is 0 Å². The number of nitrogens with zero attached hydrogens (tertiary/aromatic N) is 1. The van der Waals surface area contributed by atoms with Crippen LogP contribution in [0.3, 0.4) is 0 Å². The van der Waals surface area contributed by atoms with Crippen molar-refractivity contribution in [2.75, 3.05) is 4.90 Å². The van der Waals surface area contributed by atoms with Crippen LogP contribution in [-0.4, -0.2) is 30.1 Å². The van der Waals surface area contributed by atoms with Crippen LogP contribution in [0.4, 0.5) is 5.69 Å². The Morgan fingerprint density at radius 2 is 0.750 bits per heavy atom. The summed E-state index contributed by atoms with van der Waals surface area (Å²) in [6.45, 7) is 15.3. The molecule has 2 aliphatic rings. The molecule has 1 fully saturated rings. The van der Waals surface area contributed by atoms with E-state index in [-0.39, 0.29) is 11.8 Å². The molecule has 76 heavy (non-hydrogen) atoms. The standard InChI is InChI=1S/C70H98BNO4/c1-8-11-14-17-20-23-26-29-32-35-39-52-50-54(51-53(40-36-33-30-27-24-21-18-15-12-9-2)55(52)41-37-34-31-28-25-22-19-16-13-10-3)72-67(73)61-46-44-58-56-42-38-43-60-63(71-75-69(4,5)70(6,7)76-71)49-48-57(64(56)60)59-45-47-62(68(72)74)66(61)65(58)59/h38,42-51H,8-37,39-41H2,1-7H3. The molecule has 0 spiro atoms. The fourth-order valence-electron chi connectivity index (χ4n) is 13.0. The fraction of sp³-hybridized carbons (Fsp3) is 0.600. The molecule has 6 aromatic rings. The Bertz CT molecular complexity index is 2690. The minimum Gasteiger partial charge on any atom is -0.399 e. The van der Waals surface area contributed by atoms with E-state index in [0.29, 0.717) is 11.1 Å². The summed E-state index contributed by atoms with van der Waals surface area (Å²) in [5.41, 5.74) is 6.34. The second kappa shape index (κ2) is 28.1. The van der Waals surface area contributed by atoms with Crippen molar-refractivity contribution >= 4 is 73.2 Å². The van der Waals surface area contributed by atoms with Crippen LogP contribution in [-0.2, 0) is 28.6 Å². The SMILES string of the molecule is CCCCCCCCCCCCc1cc(N2C(=O)c3ccc4c5cccc6c(B7OC(C)(C)C(C)(C)O7)ccc(c7ccc(c3c47)C2=O)c65)cc(CCCCCCCCCCCC)c1CCCCCCCCCCCC. The molecule has 0 unspecified atom stereocenters. The minimum absolute atomic E-state index is 0.210. The first-order valence-electron chi connectivity index (χ1n) is 31.6. The van der Waals surface area contributed by atoms with E-state index < -0.39 is 18.3 Å². The second-order valence-corrected chi connectivity index (χ2v) is 24.6. The highest BCUT2D eigenvalue weighted by Gasteiger charge is 2.52. The number of unbranched alkanes of at least 4 members (excludes halogenated alkanes) is 27. The molecule has 6 aromatic carbocycles. The lowest BCUT2D eigenvalue weighted by molar-refractivity contribution is 0.00578. The molecule has 2 amide bonds. The van der Waals surface area contributed by atoms with Crippen molar-refractivity contribution in [3.63, 3.8) is 0 Å². The molecule has 0 aliphatic carbocycles. The third-order valence-electron chi connectivity index (χ3n) is 18.2. The van der Waals surface area contributed by atoms with Gasteiger partial charge in [-0.05, 0) is 150 Å². The van der Waals surface area contributed by atoms with E-state index in [1.807, 2.05) is 12.1 Å². The molecule has 5 nitrogen and oxygen atoms in total. The number of amides is 2. The van der Waals surface area contributed by atoms with Gasteiger partial charge in [-0.2, -0.15) is 0 Å². The molecule has 410 valence electrons. The predicted molar refractivity (Wildman–Crippen MR) is 328 cm³/mol. The van der Waals surface area contributed by atoms with E-state index in [0.717, 1.165) is 86.3 Å². The van der Waals surface area contributed by atoms with Crippen LogP contribution in [0.25, 0.3) is 43.1 Å². The number of hydrogen-bond acceptors (Lipinski definition) is 4. The molecule has 0 radical (unpaired) electrons. The molecular weight excluding hydrogens is 930 g/mol. The van der Waals surface area contributed by atoms with E-state index in [4.69, 9.17) is 9.31 Å². The molecule has 8 rings (SSSR count). The van der Waals surface area contributed by atoms with Crippen molar-refractivity contribution in [1.82, 2.24) is 0 Å². The Hall–Kier alpha value is -4.26. The monoisotopic (exact) mass is 1030 g/mol. The second-order valence-electron chi connectivity index (χ2n) is 24.6. The highest BCUT2D eigenvalue weighted by molar-refractivity contribution is 6.66. The van der Waals surface area contributed by atoms with Gasteiger partial charge in [-0.25, -0.2) is 4.90 Å². The lowest BCUT2D eigenvalue weighted by Crippen LogP contribution is -2.41. The van der Waals surface area contributed by atoms with Gasteiger partial charge in [0, 0.05) is 16.5 Å². The number of anilines is 1. The van der Waals surface area contributed by atoms with E-state index in [1.165, 1.54) is 196 Å². The van der Waals surface area contributed by atoms with Crippen molar-refractivity contribution in [1.29, 1.82) is 0 Å². The first-order chi connectivity index (χ1) is 37.0. The van der Waals surface area contributed by atoms with Crippen LogP contribution in [0.15, 0.2) is 66.7 Å². The molecule has 0 atom stereocenters. The van der Waals surface area contributed by atoms with Crippen LogP contribution in [0.5, 0.6) is 0 Å². The number of imide groups is 1. The van der Waals surface area contributed by atoms with Gasteiger partial charge in [0.1, 0.15) is 0 Å². The third-order valence-corrected chi connectivity index (χ3v) is 18.2. The van der Waals surface area contributed by atoms with Crippen LogP contribution in [0.1, 0.15) is 278 Å². The van der Waals surface area contributed by atoms with E-state index in [1.54, 1.807) is 4.90 Å². The number of fused-ring (bicyclic) bond motifs is 2. The van der Waals surface area contributed by atoms with E-state index in [9.17, 15) is 0 Å². The predicted octanol–water partition coefficient (Wildman–Crippen LogP) is 20.2. The molecule has 0 bridgehead atoms. The van der Waals surface area contributed by atoms with Crippen LogP contribution < -0.4 is 10.4 Å². The summed E-state index contributed by atoms with van der Waals surface area (Å²) >= 11 is 0. The summed E-state index contributed by atoms with van der Waals surface area (Å²) in [6.07, 6.45) is 42.5. The minimum atomic E-state index is -0.494. The Balaban J connectivity index is 1.09. The molecule has 1 saturated heterocycles. The molecule has 2 aliphatic heterocycles. The summed E-state index contributed by atoms with van der Waals surface area (Å²) in [5, 5.41) is 8.37. The number of carbonyl (C=O) groups is 2. The summed E-state index contributed by atoms with van der Waals surface area (Å²) in [4.78, 5) is 32.2. The number of carbonyl (C=O) groups excluding carboxylic acids is 2. The average Bonchev–Trinajstić information content (AvgIpc) is 3.78. The van der Waals surface area contributed by atoms with Gasteiger partial charge in [0.05, 0.1) is 16.9 Å². The van der Waals surface area contributed by atoms with Gasteiger partial charge in [-0.1, -0.05) is 237 Å². The first kappa shape index (κ1) is 57.9. The summed E-state index contributed by atoms with van der Waals surface area (Å²) in [5.74, 6) is -0.419. The van der Waals surface area contributed by atoms with E-state index in [2.05, 4.69) is 103 Å². The zero-order valence-corrected chi connectivity index (χ0v) is 48.8. The maximum absolute atomic E-state index is 15.3. The van der Waals surface area contributed by atoms with Crippen molar-refractivity contribution in [3.8, 4) is 0 Å². The summed E-state index contributed by atoms with van der Waals surface area (Å²) in [7, 11) is -0.494. The highest BCUT2D eigenvalue weighted by Crippen LogP contribution is 2.45. The van der Waals surface area contributed by atoms with Crippen LogP contribution in [0, 0.1) is 0 Å². The van der Waals surface area contributed by atoms with Crippen LogP contribution in [0.2, 0.25) is 0 Å². The normalized spacial score (nSPS) is 15.3. The number of hydrogen-bond donors (Lipinski definition) is 0. The Labute approximate surface area is 460 Å². The Kier molecular flexibility index (Phi) is 21.4. The topological polar surface area (TPSA) is 55.8 Å². The molecule has 2 heterocycles. The average molecular weight is 1030 g/mol. The number of rotatable bonds is 35. The largest absolute Gasteiger partial charge is 0.495 e. The zero-order valence-electron chi connectivity index (χ0n) is 48.8. The van der Waals surface area contributed by atoms with Crippen molar-refractivity contribution < 1.29 is 18.9 Å². The summed E-state index contributed by atoms with van der Waals surface area (Å²) < 4.78 is 13.2. The fourth-order valence-corrected chi connectivity index (χ4v) is 13.0. The molecule has 0 saturated carbocycles. The lowest BCUT2D eigenvalue weighted by Gasteiger charge is -2.32. The van der Waals surface area contributed by atoms with Crippen molar-refractivity contribution in [3.05, 3.63) is 94.5 Å². The molecular formula is C70H98BNO4. The molecule has 0 N–H and O–H groups in total. The molecule has 0 aromatic heterocycles. The lowest BCUT2D eigenvalue weighted by atomic mass is 9.74. The van der Waals surface area contributed by atoms with Gasteiger partial charge in [0.15, 0.2) is 0 Å². The molecule has 6 heteroatoms. The first-order valence-corrected chi connectivity index (χ1v) is 31.6. The quantitative estimate of drug-likeness (QED) is 0.0131. The number of benzene rings is 6. The van der Waals surface area contributed by atoms with Crippen molar-refractivity contribution in [2.45, 2.75) is 272 Å². The Morgan fingerprint density at radius 1 is 0.395 bits per heavy atom. The van der Waals surface area contributed by atoms with Gasteiger partial charge >= 0.3 is 7.12 Å². The maximum Gasteiger partial charge on any atom is 0.495 e.